The maximum Gasteiger partial charge on any atom is 0.302 e. The minimum atomic E-state index is -0.133. The quantitative estimate of drug-likeness (QED) is 0.141. The van der Waals surface area contributed by atoms with Gasteiger partial charge < -0.3 is 9.94 Å². The lowest BCUT2D eigenvalue weighted by atomic mass is 9.32. The second-order valence-electron chi connectivity index (χ2n) is 15.1. The van der Waals surface area contributed by atoms with Crippen molar-refractivity contribution in [3.8, 4) is 0 Å². The maximum atomic E-state index is 11.9. The second kappa shape index (κ2) is 8.34. The summed E-state index contributed by atoms with van der Waals surface area (Å²) >= 11 is 0. The average Bonchev–Trinajstić information content (AvgIpc) is 3.16. The molecule has 1 N–H and O–H groups in total. The summed E-state index contributed by atoms with van der Waals surface area (Å²) in [5, 5.41) is 13.4. The van der Waals surface area contributed by atoms with E-state index in [1.165, 1.54) is 50.5 Å². The van der Waals surface area contributed by atoms with Gasteiger partial charge in [0.2, 0.25) is 0 Å². The van der Waals surface area contributed by atoms with Gasteiger partial charge in [0.25, 0.3) is 0 Å². The molecule has 5 fully saturated rings. The number of ether oxygens (including phenoxy) is 1. The van der Waals surface area contributed by atoms with E-state index in [2.05, 4.69) is 53.3 Å². The van der Waals surface area contributed by atoms with Crippen molar-refractivity contribution in [2.45, 2.75) is 119 Å². The van der Waals surface area contributed by atoms with E-state index in [1.54, 1.807) is 6.92 Å². The van der Waals surface area contributed by atoms with Crippen LogP contribution in [-0.4, -0.2) is 23.5 Å². The fraction of sp³-hybridized carbons (Fsp3) is 0.875. The first-order valence-corrected chi connectivity index (χ1v) is 14.8. The highest BCUT2D eigenvalue weighted by Gasteiger charge is 2.71. The zero-order chi connectivity index (χ0) is 26.3. The Morgan fingerprint density at radius 1 is 0.889 bits per heavy atom. The molecule has 0 unspecified atom stereocenters. The van der Waals surface area contributed by atoms with Crippen molar-refractivity contribution in [1.82, 2.24) is 0 Å². The van der Waals surface area contributed by atoms with Crippen molar-refractivity contribution in [2.75, 3.05) is 0 Å². The molecule has 5 rings (SSSR count). The third-order valence-corrected chi connectivity index (χ3v) is 13.7. The smallest absolute Gasteiger partial charge is 0.302 e. The van der Waals surface area contributed by atoms with E-state index in [0.29, 0.717) is 35.0 Å². The van der Waals surface area contributed by atoms with Crippen LogP contribution >= 0.6 is 0 Å². The first-order chi connectivity index (χ1) is 16.8. The van der Waals surface area contributed by atoms with Crippen LogP contribution in [0.25, 0.3) is 0 Å². The Hall–Kier alpha value is -1.32. The van der Waals surface area contributed by atoms with E-state index in [0.717, 1.165) is 19.3 Å². The molecule has 10 atom stereocenters. The van der Waals surface area contributed by atoms with Gasteiger partial charge in [-0.1, -0.05) is 46.8 Å². The van der Waals surface area contributed by atoms with Crippen LogP contribution in [0.4, 0.5) is 0 Å². The number of carbonyl (C=O) groups is 1. The second-order valence-corrected chi connectivity index (χ2v) is 15.1. The normalized spacial score (nSPS) is 51.5. The number of carbonyl (C=O) groups excluding carboxylic acids is 1. The van der Waals surface area contributed by atoms with Crippen molar-refractivity contribution in [3.63, 3.8) is 0 Å². The van der Waals surface area contributed by atoms with Crippen molar-refractivity contribution in [3.05, 3.63) is 12.2 Å². The fourth-order valence-corrected chi connectivity index (χ4v) is 11.9. The molecular formula is C32H51NO3. The number of hydrogen-bond donors (Lipinski definition) is 1. The summed E-state index contributed by atoms with van der Waals surface area (Å²) in [6.07, 6.45) is 13.9. The molecule has 0 spiro atoms. The molecule has 0 aromatic carbocycles. The Morgan fingerprint density at radius 2 is 1.61 bits per heavy atom. The molecule has 5 saturated carbocycles. The van der Waals surface area contributed by atoms with E-state index >= 15 is 0 Å². The SMILES string of the molecule is C=C(C)[C@@H]1CC[C@]2(/C=N/O)CC[C@]3(C)[C@H](CC[C@H]4[C@@]5(C)CC[C@H](OC(C)=O)C(C)(C)[C@@H]5CC[C@]43C)[C@H]12. The van der Waals surface area contributed by atoms with Crippen molar-refractivity contribution >= 4 is 12.2 Å². The highest BCUT2D eigenvalue weighted by Crippen LogP contribution is 2.77. The van der Waals surface area contributed by atoms with Gasteiger partial charge in [0, 0.05) is 17.8 Å². The van der Waals surface area contributed by atoms with Crippen molar-refractivity contribution in [1.29, 1.82) is 0 Å². The van der Waals surface area contributed by atoms with Crippen molar-refractivity contribution < 1.29 is 14.7 Å². The fourth-order valence-electron chi connectivity index (χ4n) is 11.9. The van der Waals surface area contributed by atoms with E-state index in [4.69, 9.17) is 4.74 Å². The van der Waals surface area contributed by atoms with Crippen molar-refractivity contribution in [2.24, 2.45) is 61.8 Å². The topological polar surface area (TPSA) is 58.9 Å². The molecule has 0 aromatic heterocycles. The van der Waals surface area contributed by atoms with Gasteiger partial charge in [0.1, 0.15) is 6.10 Å². The summed E-state index contributed by atoms with van der Waals surface area (Å²) in [6.45, 7) is 20.9. The molecule has 0 amide bonds. The van der Waals surface area contributed by atoms with E-state index in [9.17, 15) is 10.0 Å². The Morgan fingerprint density at radius 3 is 2.25 bits per heavy atom. The zero-order valence-electron chi connectivity index (χ0n) is 24.0. The molecule has 0 radical (unpaired) electrons. The van der Waals surface area contributed by atoms with Gasteiger partial charge in [-0.05, 0) is 117 Å². The molecule has 4 heteroatoms. The van der Waals surface area contributed by atoms with Gasteiger partial charge in [-0.15, -0.1) is 5.16 Å². The Bertz CT molecular complexity index is 955. The summed E-state index contributed by atoms with van der Waals surface area (Å²) in [5.41, 5.74) is 2.24. The summed E-state index contributed by atoms with van der Waals surface area (Å²) in [7, 11) is 0. The predicted molar refractivity (Wildman–Crippen MR) is 145 cm³/mol. The van der Waals surface area contributed by atoms with Crippen LogP contribution in [0.2, 0.25) is 0 Å². The minimum Gasteiger partial charge on any atom is -0.462 e. The third-order valence-electron chi connectivity index (χ3n) is 13.7. The Kier molecular flexibility index (Phi) is 6.09. The standard InChI is InChI=1S/C32H51NO3/c1-20(2)22-11-16-32(19-33-35)18-17-30(7)23(27(22)32)9-10-25-29(6)14-13-26(36-21(3)34)28(4,5)24(29)12-15-31(25,30)8/h19,22-27,35H,1,9-18H2,2-8H3/b33-19+/t22-,23+,24-,25-,26-,27-,29-,30+,31+,32+/m0/s1. The predicted octanol–water partition coefficient (Wildman–Crippen LogP) is 8.04. The molecule has 0 saturated heterocycles. The van der Waals surface area contributed by atoms with E-state index in [-0.39, 0.29) is 33.7 Å². The third kappa shape index (κ3) is 3.30. The van der Waals surface area contributed by atoms with Crippen LogP contribution in [0.3, 0.4) is 0 Å². The molecule has 0 bridgehead atoms. The van der Waals surface area contributed by atoms with Gasteiger partial charge in [-0.2, -0.15) is 0 Å². The highest BCUT2D eigenvalue weighted by molar-refractivity contribution is 5.67. The molecule has 5 aliphatic rings. The molecule has 0 heterocycles. The number of esters is 1. The molecule has 0 aromatic rings. The minimum absolute atomic E-state index is 0.00750. The molecule has 4 nitrogen and oxygen atoms in total. The molecule has 5 aliphatic carbocycles. The number of fused-ring (bicyclic) bond motifs is 7. The number of allylic oxidation sites excluding steroid dienone is 1. The highest BCUT2D eigenvalue weighted by atomic mass is 16.5. The van der Waals surface area contributed by atoms with Crippen LogP contribution in [-0.2, 0) is 9.53 Å². The number of rotatable bonds is 3. The van der Waals surface area contributed by atoms with E-state index < -0.39 is 0 Å². The summed E-state index contributed by atoms with van der Waals surface area (Å²) in [5.74, 6) is 2.89. The lowest BCUT2D eigenvalue weighted by Crippen LogP contribution is -2.66. The first kappa shape index (κ1) is 26.3. The molecule has 0 aliphatic heterocycles. The maximum absolute atomic E-state index is 11.9. The van der Waals surface area contributed by atoms with Crippen LogP contribution in [0.5, 0.6) is 0 Å². The molecule has 36 heavy (non-hydrogen) atoms. The van der Waals surface area contributed by atoms with Crippen LogP contribution in [0.1, 0.15) is 113 Å². The van der Waals surface area contributed by atoms with Crippen LogP contribution in [0, 0.1) is 56.7 Å². The zero-order valence-corrected chi connectivity index (χ0v) is 24.0. The van der Waals surface area contributed by atoms with E-state index in [1.807, 2.05) is 6.21 Å². The van der Waals surface area contributed by atoms with Crippen LogP contribution in [0.15, 0.2) is 17.3 Å². The Labute approximate surface area is 219 Å². The molecule has 202 valence electrons. The first-order valence-electron chi connectivity index (χ1n) is 14.8. The summed E-state index contributed by atoms with van der Waals surface area (Å²) in [4.78, 5) is 11.9. The lowest BCUT2D eigenvalue weighted by Gasteiger charge is -2.72. The monoisotopic (exact) mass is 497 g/mol. The van der Waals surface area contributed by atoms with Gasteiger partial charge in [0.15, 0.2) is 0 Å². The number of nitrogens with zero attached hydrogens (tertiary/aromatic N) is 1. The van der Waals surface area contributed by atoms with Crippen LogP contribution < -0.4 is 0 Å². The Balaban J connectivity index is 1.52. The lowest BCUT2D eigenvalue weighted by molar-refractivity contribution is -0.246. The largest absolute Gasteiger partial charge is 0.462 e. The average molecular weight is 498 g/mol. The molecular weight excluding hydrogens is 446 g/mol. The van der Waals surface area contributed by atoms with Gasteiger partial charge in [-0.3, -0.25) is 4.79 Å². The van der Waals surface area contributed by atoms with Gasteiger partial charge in [-0.25, -0.2) is 0 Å². The summed E-state index contributed by atoms with van der Waals surface area (Å²) in [6, 6.07) is 0. The number of hydrogen-bond acceptors (Lipinski definition) is 4. The van der Waals surface area contributed by atoms with Gasteiger partial charge in [0.05, 0.1) is 6.21 Å². The number of oxime groups is 1. The van der Waals surface area contributed by atoms with Gasteiger partial charge >= 0.3 is 5.97 Å². The summed E-state index contributed by atoms with van der Waals surface area (Å²) < 4.78 is 5.90.